The monoisotopic (exact) mass is 414 g/mol. The molecule has 0 radical (unpaired) electrons. The van der Waals surface area contributed by atoms with Crippen LogP contribution in [0.15, 0.2) is 11.1 Å². The fourth-order valence-electron chi connectivity index (χ4n) is 9.10. The van der Waals surface area contributed by atoms with E-state index >= 15 is 0 Å². The van der Waals surface area contributed by atoms with Crippen LogP contribution in [0.4, 0.5) is 0 Å². The van der Waals surface area contributed by atoms with Gasteiger partial charge >= 0.3 is 0 Å². The van der Waals surface area contributed by atoms with Crippen molar-refractivity contribution >= 4 is 0 Å². The topological polar surface area (TPSA) is 20.2 Å². The molecular formula is C29H50O. The Labute approximate surface area is 187 Å². The molecule has 4 aliphatic carbocycles. The van der Waals surface area contributed by atoms with E-state index in [4.69, 9.17) is 0 Å². The maximum absolute atomic E-state index is 10.3. The zero-order valence-electron chi connectivity index (χ0n) is 21.0. The molecule has 4 aliphatic rings. The van der Waals surface area contributed by atoms with Gasteiger partial charge in [0.2, 0.25) is 0 Å². The molecule has 8 atom stereocenters. The SMILES string of the molecule is CC[C@H](CC[C@@H](C)[C@H]1CC[C@H]2C3=C(CC[C@]12C)[C@@]1(C)CC[C@H](O)C[C@@H]1CC3)C(C)C. The van der Waals surface area contributed by atoms with Gasteiger partial charge in [0, 0.05) is 0 Å². The lowest BCUT2D eigenvalue weighted by Crippen LogP contribution is -2.45. The first kappa shape index (κ1) is 22.9. The molecule has 0 aromatic rings. The minimum absolute atomic E-state index is 0.0337. The fraction of sp³-hybridized carbons (Fsp3) is 0.931. The fourth-order valence-corrected chi connectivity index (χ4v) is 9.10. The van der Waals surface area contributed by atoms with Crippen molar-refractivity contribution in [2.75, 3.05) is 0 Å². The van der Waals surface area contributed by atoms with Crippen molar-refractivity contribution in [3.05, 3.63) is 11.1 Å². The van der Waals surface area contributed by atoms with E-state index in [1.165, 1.54) is 64.2 Å². The Morgan fingerprint density at radius 3 is 2.43 bits per heavy atom. The first-order valence-electron chi connectivity index (χ1n) is 13.6. The van der Waals surface area contributed by atoms with Crippen molar-refractivity contribution in [2.24, 2.45) is 46.3 Å². The molecule has 30 heavy (non-hydrogen) atoms. The molecule has 4 rings (SSSR count). The summed E-state index contributed by atoms with van der Waals surface area (Å²) in [6.45, 7) is 15.1. The molecule has 2 fully saturated rings. The summed E-state index contributed by atoms with van der Waals surface area (Å²) in [5.74, 6) is 5.16. The number of fused-ring (bicyclic) bond motifs is 4. The molecule has 0 unspecified atom stereocenters. The second-order valence-electron chi connectivity index (χ2n) is 12.8. The smallest absolute Gasteiger partial charge is 0.0543 e. The Balaban J connectivity index is 1.50. The third kappa shape index (κ3) is 3.74. The van der Waals surface area contributed by atoms with E-state index in [0.717, 1.165) is 48.3 Å². The second-order valence-corrected chi connectivity index (χ2v) is 12.8. The molecule has 172 valence electrons. The summed E-state index contributed by atoms with van der Waals surface area (Å²) in [5, 5.41) is 10.3. The highest BCUT2D eigenvalue weighted by Gasteiger charge is 2.55. The predicted molar refractivity (Wildman–Crippen MR) is 128 cm³/mol. The van der Waals surface area contributed by atoms with Crippen LogP contribution in [-0.2, 0) is 0 Å². The molecule has 0 saturated heterocycles. The Morgan fingerprint density at radius 2 is 1.73 bits per heavy atom. The van der Waals surface area contributed by atoms with Gasteiger partial charge in [0.15, 0.2) is 0 Å². The van der Waals surface area contributed by atoms with Crippen LogP contribution in [0.1, 0.15) is 119 Å². The van der Waals surface area contributed by atoms with Crippen LogP contribution in [0, 0.1) is 46.3 Å². The molecule has 0 aromatic carbocycles. The van der Waals surface area contributed by atoms with E-state index in [2.05, 4.69) is 41.5 Å². The maximum Gasteiger partial charge on any atom is 0.0543 e. The van der Waals surface area contributed by atoms with Gasteiger partial charge in [0.05, 0.1) is 6.10 Å². The third-order valence-corrected chi connectivity index (χ3v) is 11.2. The van der Waals surface area contributed by atoms with Crippen LogP contribution in [-0.4, -0.2) is 11.2 Å². The quantitative estimate of drug-likeness (QED) is 0.434. The Bertz CT molecular complexity index is 647. The number of aliphatic hydroxyl groups is 1. The Kier molecular flexibility index (Phi) is 6.53. The number of allylic oxidation sites excluding steroid dienone is 2. The van der Waals surface area contributed by atoms with Crippen LogP contribution in [0.3, 0.4) is 0 Å². The summed E-state index contributed by atoms with van der Waals surface area (Å²) in [7, 11) is 0. The summed E-state index contributed by atoms with van der Waals surface area (Å²) < 4.78 is 0. The van der Waals surface area contributed by atoms with E-state index in [1.807, 2.05) is 11.1 Å². The van der Waals surface area contributed by atoms with Crippen molar-refractivity contribution in [1.82, 2.24) is 0 Å². The van der Waals surface area contributed by atoms with E-state index in [-0.39, 0.29) is 6.10 Å². The highest BCUT2D eigenvalue weighted by atomic mass is 16.3. The zero-order valence-corrected chi connectivity index (χ0v) is 21.0. The van der Waals surface area contributed by atoms with Crippen LogP contribution < -0.4 is 0 Å². The van der Waals surface area contributed by atoms with Gasteiger partial charge in [0.25, 0.3) is 0 Å². The van der Waals surface area contributed by atoms with Gasteiger partial charge in [-0.3, -0.25) is 0 Å². The molecular weight excluding hydrogens is 364 g/mol. The van der Waals surface area contributed by atoms with Crippen molar-refractivity contribution in [1.29, 1.82) is 0 Å². The van der Waals surface area contributed by atoms with E-state index in [9.17, 15) is 5.11 Å². The molecule has 0 bridgehead atoms. The standard InChI is InChI=1S/C29H50O/c1-7-21(19(2)3)9-8-20(4)25-12-13-26-24-11-10-22-18-23(30)14-16-28(22,5)27(24)15-17-29(25,26)6/h19-23,25-26,30H,7-18H2,1-6H3/t20-,21-,22+,23+,25-,26+,28+,29-/m1/s1. The normalized spacial score (nSPS) is 43.2. The molecule has 0 aromatic heterocycles. The van der Waals surface area contributed by atoms with Crippen LogP contribution in [0.2, 0.25) is 0 Å². The van der Waals surface area contributed by atoms with Gasteiger partial charge in [0.1, 0.15) is 0 Å². The van der Waals surface area contributed by atoms with Gasteiger partial charge in [-0.2, -0.15) is 0 Å². The van der Waals surface area contributed by atoms with E-state index < -0.39 is 0 Å². The van der Waals surface area contributed by atoms with Gasteiger partial charge in [-0.25, -0.2) is 0 Å². The van der Waals surface area contributed by atoms with Crippen molar-refractivity contribution in [3.63, 3.8) is 0 Å². The van der Waals surface area contributed by atoms with Crippen molar-refractivity contribution < 1.29 is 5.11 Å². The van der Waals surface area contributed by atoms with Crippen LogP contribution >= 0.6 is 0 Å². The van der Waals surface area contributed by atoms with E-state index in [0.29, 0.717) is 10.8 Å². The van der Waals surface area contributed by atoms with E-state index in [1.54, 1.807) is 0 Å². The lowest BCUT2D eigenvalue weighted by atomic mass is 9.50. The van der Waals surface area contributed by atoms with Crippen LogP contribution in [0.25, 0.3) is 0 Å². The van der Waals surface area contributed by atoms with Gasteiger partial charge in [-0.1, -0.05) is 65.5 Å². The minimum atomic E-state index is -0.0337. The second kappa shape index (κ2) is 8.57. The molecule has 0 spiro atoms. The third-order valence-electron chi connectivity index (χ3n) is 11.2. The van der Waals surface area contributed by atoms with Crippen molar-refractivity contribution in [2.45, 2.75) is 125 Å². The zero-order chi connectivity index (χ0) is 21.7. The van der Waals surface area contributed by atoms with Gasteiger partial charge < -0.3 is 5.11 Å². The molecule has 0 heterocycles. The summed E-state index contributed by atoms with van der Waals surface area (Å²) >= 11 is 0. The first-order valence-corrected chi connectivity index (χ1v) is 13.6. The molecule has 1 nitrogen and oxygen atoms in total. The minimum Gasteiger partial charge on any atom is -0.393 e. The van der Waals surface area contributed by atoms with Gasteiger partial charge in [-0.05, 0) is 111 Å². The summed E-state index contributed by atoms with van der Waals surface area (Å²) in [6, 6.07) is 0. The average molecular weight is 415 g/mol. The molecule has 0 aliphatic heterocycles. The molecule has 2 saturated carbocycles. The number of hydrogen-bond acceptors (Lipinski definition) is 1. The van der Waals surface area contributed by atoms with Crippen molar-refractivity contribution in [3.8, 4) is 0 Å². The highest BCUT2D eigenvalue weighted by molar-refractivity contribution is 5.34. The average Bonchev–Trinajstić information content (AvgIpc) is 3.06. The number of hydrogen-bond donors (Lipinski definition) is 1. The summed E-state index contributed by atoms with van der Waals surface area (Å²) in [6.07, 6.45) is 15.9. The Hall–Kier alpha value is -0.300. The molecule has 1 N–H and O–H groups in total. The summed E-state index contributed by atoms with van der Waals surface area (Å²) in [5.41, 5.74) is 4.76. The molecule has 0 amide bonds. The lowest BCUT2D eigenvalue weighted by molar-refractivity contribution is 0.0131. The first-order chi connectivity index (χ1) is 14.2. The number of rotatable bonds is 6. The van der Waals surface area contributed by atoms with Crippen LogP contribution in [0.5, 0.6) is 0 Å². The lowest BCUT2D eigenvalue weighted by Gasteiger charge is -2.55. The van der Waals surface area contributed by atoms with Gasteiger partial charge in [-0.15, -0.1) is 0 Å². The largest absolute Gasteiger partial charge is 0.393 e. The Morgan fingerprint density at radius 1 is 0.967 bits per heavy atom. The highest BCUT2D eigenvalue weighted by Crippen LogP contribution is 2.66. The summed E-state index contributed by atoms with van der Waals surface area (Å²) in [4.78, 5) is 0. The maximum atomic E-state index is 10.3. The number of aliphatic hydroxyl groups excluding tert-OH is 1. The predicted octanol–water partition coefficient (Wildman–Crippen LogP) is 8.17. The molecule has 1 heteroatoms.